The van der Waals surface area contributed by atoms with Crippen molar-refractivity contribution < 1.29 is 42.9 Å². The van der Waals surface area contributed by atoms with E-state index in [1.165, 1.54) is 24.3 Å². The lowest BCUT2D eigenvalue weighted by atomic mass is 9.61. The Balaban J connectivity index is 1.63. The maximum atomic E-state index is 13.4. The second-order valence-electron chi connectivity index (χ2n) is 9.31. The Morgan fingerprint density at radius 1 is 0.972 bits per heavy atom. The van der Waals surface area contributed by atoms with Gasteiger partial charge in [0.25, 0.3) is 5.91 Å². The number of aliphatic hydroxyl groups excluding tert-OH is 2. The minimum absolute atomic E-state index is 0.0177. The Morgan fingerprint density at radius 2 is 1.64 bits per heavy atom. The number of aliphatic hydroxyl groups is 2. The number of halogens is 3. The molecule has 5 rings (SSSR count). The van der Waals surface area contributed by atoms with Crippen LogP contribution in [0.5, 0.6) is 5.75 Å². The van der Waals surface area contributed by atoms with Crippen LogP contribution in [0.15, 0.2) is 53.3 Å². The maximum absolute atomic E-state index is 13.4. The Morgan fingerprint density at radius 3 is 2.25 bits per heavy atom. The second-order valence-corrected chi connectivity index (χ2v) is 9.31. The molecule has 1 fully saturated rings. The molecule has 0 bridgehead atoms. The number of carbonyl (C=O) groups excluding carboxylic acids is 3. The van der Waals surface area contributed by atoms with Crippen molar-refractivity contribution in [1.29, 1.82) is 0 Å². The fourth-order valence-corrected chi connectivity index (χ4v) is 5.75. The van der Waals surface area contributed by atoms with Crippen LogP contribution in [0, 0.1) is 17.8 Å². The van der Waals surface area contributed by atoms with Crippen molar-refractivity contribution in [2.45, 2.75) is 25.4 Å². The molecule has 1 saturated carbocycles. The average molecular weight is 499 g/mol. The van der Waals surface area contributed by atoms with E-state index in [4.69, 9.17) is 5.73 Å². The van der Waals surface area contributed by atoms with Crippen LogP contribution in [0.25, 0.3) is 16.9 Å². The molecule has 0 spiro atoms. The molecule has 7 nitrogen and oxygen atoms in total. The first-order valence-corrected chi connectivity index (χ1v) is 11.2. The van der Waals surface area contributed by atoms with E-state index in [0.717, 1.165) is 12.1 Å². The number of allylic oxidation sites excluding steroid dienone is 2. The Hall–Kier alpha value is -4.08. The lowest BCUT2D eigenvalue weighted by Crippen LogP contribution is -2.44. The molecule has 2 aromatic carbocycles. The fourth-order valence-electron chi connectivity index (χ4n) is 5.75. The molecule has 36 heavy (non-hydrogen) atoms. The number of ketones is 2. The zero-order chi connectivity index (χ0) is 26.1. The first-order valence-electron chi connectivity index (χ1n) is 11.2. The Kier molecular flexibility index (Phi) is 5.24. The average Bonchev–Trinajstić information content (AvgIpc) is 2.78. The van der Waals surface area contributed by atoms with Gasteiger partial charge in [-0.3, -0.25) is 14.4 Å². The van der Waals surface area contributed by atoms with Crippen molar-refractivity contribution in [3.63, 3.8) is 0 Å². The number of benzene rings is 2. The third-order valence-corrected chi connectivity index (χ3v) is 7.29. The van der Waals surface area contributed by atoms with Gasteiger partial charge in [-0.2, -0.15) is 13.2 Å². The molecule has 0 aliphatic heterocycles. The highest BCUT2D eigenvalue weighted by molar-refractivity contribution is 6.21. The number of Topliss-reactive ketones (excluding diaryl/α,β-unsaturated/α-hetero) is 2. The quantitative estimate of drug-likeness (QED) is 0.461. The van der Waals surface area contributed by atoms with Crippen molar-refractivity contribution in [3.05, 3.63) is 70.0 Å². The molecular weight excluding hydrogens is 479 g/mol. The number of nitrogens with two attached hydrogens (primary N) is 1. The number of phenols is 1. The normalized spacial score (nSPS) is 23.8. The molecule has 10 heteroatoms. The summed E-state index contributed by atoms with van der Waals surface area (Å²) in [6.07, 6.45) is -4.30. The zero-order valence-corrected chi connectivity index (χ0v) is 18.6. The van der Waals surface area contributed by atoms with Gasteiger partial charge in [-0.1, -0.05) is 18.2 Å². The van der Waals surface area contributed by atoms with E-state index < -0.39 is 64.1 Å². The van der Waals surface area contributed by atoms with Crippen molar-refractivity contribution >= 4 is 23.2 Å². The molecule has 0 aromatic heterocycles. The lowest BCUT2D eigenvalue weighted by molar-refractivity contribution is -0.137. The number of primary amides is 1. The topological polar surface area (TPSA) is 138 Å². The standard InChI is InChI=1S/C26H20F3NO6/c27-26(28,29)13-3-1-10(2-4-13)14-5-6-16(31)20-15(14)8-11-7-12-9-17(32)21(25(30)36)24(35)19(12)22(33)18(11)23(20)34/h1-6,11-12,19,31,34-35H,7-9H2,(H2,30,36). The van der Waals surface area contributed by atoms with Crippen LogP contribution < -0.4 is 5.73 Å². The van der Waals surface area contributed by atoms with Gasteiger partial charge in [0.1, 0.15) is 22.8 Å². The smallest absolute Gasteiger partial charge is 0.416 e. The molecule has 2 aromatic rings. The predicted molar refractivity (Wildman–Crippen MR) is 120 cm³/mol. The van der Waals surface area contributed by atoms with E-state index in [9.17, 15) is 42.9 Å². The van der Waals surface area contributed by atoms with Gasteiger partial charge in [0, 0.05) is 12.0 Å². The van der Waals surface area contributed by atoms with Crippen molar-refractivity contribution in [3.8, 4) is 16.9 Å². The van der Waals surface area contributed by atoms with Crippen molar-refractivity contribution in [2.24, 2.45) is 23.5 Å². The number of hydrogen-bond acceptors (Lipinski definition) is 6. The summed E-state index contributed by atoms with van der Waals surface area (Å²) in [5, 5.41) is 32.2. The predicted octanol–water partition coefficient (Wildman–Crippen LogP) is 3.99. The third kappa shape index (κ3) is 3.47. The summed E-state index contributed by atoms with van der Waals surface area (Å²) in [5.41, 5.74) is 5.08. The van der Waals surface area contributed by atoms with Gasteiger partial charge < -0.3 is 21.1 Å². The van der Waals surface area contributed by atoms with Crippen LogP contribution >= 0.6 is 0 Å². The fraction of sp³-hybridized carbons (Fsp3) is 0.269. The first kappa shape index (κ1) is 23.7. The van der Waals surface area contributed by atoms with Crippen LogP contribution in [0.1, 0.15) is 29.5 Å². The number of carbonyl (C=O) groups is 3. The van der Waals surface area contributed by atoms with E-state index in [1.807, 2.05) is 0 Å². The van der Waals surface area contributed by atoms with Gasteiger partial charge in [0.15, 0.2) is 11.6 Å². The van der Waals surface area contributed by atoms with Gasteiger partial charge in [-0.05, 0) is 59.6 Å². The zero-order valence-electron chi connectivity index (χ0n) is 18.6. The van der Waals surface area contributed by atoms with Crippen LogP contribution in [-0.4, -0.2) is 32.8 Å². The Bertz CT molecular complexity index is 1400. The number of amides is 1. The lowest BCUT2D eigenvalue weighted by Gasteiger charge is -2.41. The van der Waals surface area contributed by atoms with E-state index in [0.29, 0.717) is 16.7 Å². The van der Waals surface area contributed by atoms with Gasteiger partial charge >= 0.3 is 6.18 Å². The molecule has 3 unspecified atom stereocenters. The third-order valence-electron chi connectivity index (χ3n) is 7.29. The summed E-state index contributed by atoms with van der Waals surface area (Å²) in [6.45, 7) is 0. The van der Waals surface area contributed by atoms with E-state index in [1.54, 1.807) is 0 Å². The van der Waals surface area contributed by atoms with E-state index in [2.05, 4.69) is 0 Å². The first-order chi connectivity index (χ1) is 16.9. The summed E-state index contributed by atoms with van der Waals surface area (Å²) >= 11 is 0. The summed E-state index contributed by atoms with van der Waals surface area (Å²) in [6, 6.07) is 7.27. The number of aromatic hydroxyl groups is 1. The minimum atomic E-state index is -4.51. The van der Waals surface area contributed by atoms with Gasteiger partial charge in [0.2, 0.25) is 0 Å². The summed E-state index contributed by atoms with van der Waals surface area (Å²) in [5.74, 6) is -6.41. The second kappa shape index (κ2) is 7.97. The molecule has 0 heterocycles. The maximum Gasteiger partial charge on any atom is 0.416 e. The van der Waals surface area contributed by atoms with Crippen LogP contribution in [0.3, 0.4) is 0 Å². The molecule has 3 aliphatic rings. The number of phenolic OH excluding ortho intramolecular Hbond substituents is 1. The summed E-state index contributed by atoms with van der Waals surface area (Å²) < 4.78 is 39.0. The highest BCUT2D eigenvalue weighted by atomic mass is 19.4. The van der Waals surface area contributed by atoms with E-state index >= 15 is 0 Å². The molecule has 0 radical (unpaired) electrons. The summed E-state index contributed by atoms with van der Waals surface area (Å²) in [4.78, 5) is 37.5. The Labute approximate surface area is 202 Å². The SMILES string of the molecule is NC(=O)C1=C(O)C2C(=O)C3=C(O)c4c(O)ccc(-c5ccc(C(F)(F)F)cc5)c4CC3CC2CC1=O. The largest absolute Gasteiger partial charge is 0.511 e. The molecular formula is C26H20F3NO6. The monoisotopic (exact) mass is 499 g/mol. The van der Waals surface area contributed by atoms with Crippen molar-refractivity contribution in [2.75, 3.05) is 0 Å². The molecule has 1 amide bonds. The van der Waals surface area contributed by atoms with E-state index in [-0.39, 0.29) is 36.1 Å². The molecule has 3 aliphatic carbocycles. The number of rotatable bonds is 2. The van der Waals surface area contributed by atoms with Gasteiger partial charge in [0.05, 0.1) is 17.0 Å². The van der Waals surface area contributed by atoms with Crippen molar-refractivity contribution in [1.82, 2.24) is 0 Å². The van der Waals surface area contributed by atoms with Crippen LogP contribution in [-0.2, 0) is 27.0 Å². The number of hydrogen-bond donors (Lipinski definition) is 4. The molecule has 5 N–H and O–H groups in total. The minimum Gasteiger partial charge on any atom is -0.511 e. The molecule has 0 saturated heterocycles. The highest BCUT2D eigenvalue weighted by Crippen LogP contribution is 2.51. The molecule has 3 atom stereocenters. The molecule has 186 valence electrons. The summed E-state index contributed by atoms with van der Waals surface area (Å²) in [7, 11) is 0. The van der Waals surface area contributed by atoms with Crippen LogP contribution in [0.4, 0.5) is 13.2 Å². The van der Waals surface area contributed by atoms with Crippen LogP contribution in [0.2, 0.25) is 0 Å². The number of fused-ring (bicyclic) bond motifs is 3. The highest BCUT2D eigenvalue weighted by Gasteiger charge is 2.51. The number of alkyl halides is 3. The van der Waals surface area contributed by atoms with Gasteiger partial charge in [-0.25, -0.2) is 0 Å². The van der Waals surface area contributed by atoms with Gasteiger partial charge in [-0.15, -0.1) is 0 Å².